The van der Waals surface area contributed by atoms with Crippen LogP contribution in [0.4, 0.5) is 4.39 Å². The van der Waals surface area contributed by atoms with Crippen molar-refractivity contribution < 1.29 is 4.39 Å². The van der Waals surface area contributed by atoms with Crippen LogP contribution in [0.25, 0.3) is 0 Å². The molecule has 2 unspecified atom stereocenters. The zero-order valence-corrected chi connectivity index (χ0v) is 9.39. The van der Waals surface area contributed by atoms with Crippen molar-refractivity contribution in [3.05, 3.63) is 35.1 Å². The first kappa shape index (κ1) is 10.6. The summed E-state index contributed by atoms with van der Waals surface area (Å²) in [6, 6.07) is 5.87. The molecule has 0 radical (unpaired) electrons. The molecule has 0 saturated heterocycles. The molecule has 2 rings (SSSR count). The molecule has 0 bridgehead atoms. The van der Waals surface area contributed by atoms with E-state index in [2.05, 4.69) is 5.32 Å². The van der Waals surface area contributed by atoms with Crippen LogP contribution in [0.2, 0.25) is 0 Å². The van der Waals surface area contributed by atoms with Gasteiger partial charge in [-0.3, -0.25) is 0 Å². The van der Waals surface area contributed by atoms with Crippen molar-refractivity contribution in [3.8, 4) is 0 Å². The van der Waals surface area contributed by atoms with Gasteiger partial charge in [0.2, 0.25) is 0 Å². The summed E-state index contributed by atoms with van der Waals surface area (Å²) in [5, 5.41) is 3.29. The number of aryl methyl sites for hydroxylation is 1. The van der Waals surface area contributed by atoms with Gasteiger partial charge in [-0.05, 0) is 38.4 Å². The lowest BCUT2D eigenvalue weighted by Crippen LogP contribution is -2.28. The van der Waals surface area contributed by atoms with E-state index in [1.165, 1.54) is 6.42 Å². The maximum absolute atomic E-state index is 13.7. The summed E-state index contributed by atoms with van der Waals surface area (Å²) < 4.78 is 13.7. The Hall–Kier alpha value is -0.890. The zero-order chi connectivity index (χ0) is 10.8. The van der Waals surface area contributed by atoms with Crippen LogP contribution in [-0.2, 0) is 0 Å². The van der Waals surface area contributed by atoms with Gasteiger partial charge in [0.25, 0.3) is 0 Å². The summed E-state index contributed by atoms with van der Waals surface area (Å²) in [5.74, 6) is 0.308. The second-order valence-electron chi connectivity index (χ2n) is 4.46. The largest absolute Gasteiger partial charge is 0.316 e. The van der Waals surface area contributed by atoms with E-state index in [9.17, 15) is 4.39 Å². The molecule has 1 aliphatic rings. The van der Waals surface area contributed by atoms with Gasteiger partial charge in [0.1, 0.15) is 5.82 Å². The molecule has 1 fully saturated rings. The standard InChI is InChI=1S/C13H18FN/c1-9-6-7-12(14)11(8-9)10-4-3-5-13(10)15-2/h6-8,10,13,15H,3-5H2,1-2H3. The average molecular weight is 207 g/mol. The summed E-state index contributed by atoms with van der Waals surface area (Å²) in [7, 11) is 1.97. The van der Waals surface area contributed by atoms with Crippen molar-refractivity contribution in [1.82, 2.24) is 5.32 Å². The lowest BCUT2D eigenvalue weighted by molar-refractivity contribution is 0.497. The van der Waals surface area contributed by atoms with Crippen molar-refractivity contribution in [1.29, 1.82) is 0 Å². The highest BCUT2D eigenvalue weighted by molar-refractivity contribution is 5.29. The van der Waals surface area contributed by atoms with Crippen LogP contribution in [-0.4, -0.2) is 13.1 Å². The van der Waals surface area contributed by atoms with E-state index in [1.54, 1.807) is 6.07 Å². The SMILES string of the molecule is CNC1CCCC1c1cc(C)ccc1F. The smallest absolute Gasteiger partial charge is 0.126 e. The van der Waals surface area contributed by atoms with Crippen molar-refractivity contribution >= 4 is 0 Å². The highest BCUT2D eigenvalue weighted by Crippen LogP contribution is 2.35. The Morgan fingerprint density at radius 2 is 2.13 bits per heavy atom. The third kappa shape index (κ3) is 2.05. The van der Waals surface area contributed by atoms with Gasteiger partial charge in [0, 0.05) is 12.0 Å². The Morgan fingerprint density at radius 3 is 2.87 bits per heavy atom. The second kappa shape index (κ2) is 4.31. The van der Waals surface area contributed by atoms with E-state index in [-0.39, 0.29) is 5.82 Å². The third-order valence-electron chi connectivity index (χ3n) is 3.44. The lowest BCUT2D eigenvalue weighted by Gasteiger charge is -2.20. The van der Waals surface area contributed by atoms with Crippen LogP contribution >= 0.6 is 0 Å². The number of benzene rings is 1. The molecule has 82 valence electrons. The minimum Gasteiger partial charge on any atom is -0.316 e. The molecule has 1 aliphatic carbocycles. The molecule has 2 atom stereocenters. The maximum atomic E-state index is 13.7. The third-order valence-corrected chi connectivity index (χ3v) is 3.44. The van der Waals surface area contributed by atoms with E-state index >= 15 is 0 Å². The summed E-state index contributed by atoms with van der Waals surface area (Å²) in [6.07, 6.45) is 3.46. The fourth-order valence-electron chi connectivity index (χ4n) is 2.63. The van der Waals surface area contributed by atoms with Crippen LogP contribution in [0, 0.1) is 12.7 Å². The van der Waals surface area contributed by atoms with Crippen LogP contribution in [0.5, 0.6) is 0 Å². The van der Waals surface area contributed by atoms with Gasteiger partial charge in [-0.2, -0.15) is 0 Å². The molecular weight excluding hydrogens is 189 g/mol. The number of nitrogens with one attached hydrogen (secondary N) is 1. The Morgan fingerprint density at radius 1 is 1.33 bits per heavy atom. The van der Waals surface area contributed by atoms with E-state index in [0.29, 0.717) is 12.0 Å². The van der Waals surface area contributed by atoms with Gasteiger partial charge in [-0.1, -0.05) is 24.1 Å². The quantitative estimate of drug-likeness (QED) is 0.786. The molecule has 1 aromatic carbocycles. The highest BCUT2D eigenvalue weighted by atomic mass is 19.1. The van der Waals surface area contributed by atoms with Crippen LogP contribution in [0.1, 0.15) is 36.3 Å². The minimum atomic E-state index is -0.0484. The van der Waals surface area contributed by atoms with Gasteiger partial charge in [-0.25, -0.2) is 4.39 Å². The van der Waals surface area contributed by atoms with Gasteiger partial charge in [-0.15, -0.1) is 0 Å². The Labute approximate surface area is 90.7 Å². The van der Waals surface area contributed by atoms with Crippen molar-refractivity contribution in [3.63, 3.8) is 0 Å². The summed E-state index contributed by atoms with van der Waals surface area (Å²) in [5.41, 5.74) is 2.04. The number of likely N-dealkylation sites (N-methyl/N-ethyl adjacent to an activating group) is 1. The predicted molar refractivity (Wildman–Crippen MR) is 60.6 cm³/mol. The summed E-state index contributed by atoms with van der Waals surface area (Å²) in [6.45, 7) is 2.02. The van der Waals surface area contributed by atoms with Crippen molar-refractivity contribution in [2.24, 2.45) is 0 Å². The average Bonchev–Trinajstić information content (AvgIpc) is 2.69. The maximum Gasteiger partial charge on any atom is 0.126 e. The summed E-state index contributed by atoms with van der Waals surface area (Å²) in [4.78, 5) is 0. The molecule has 0 aliphatic heterocycles. The number of hydrogen-bond donors (Lipinski definition) is 1. The first-order valence-corrected chi connectivity index (χ1v) is 5.65. The molecule has 0 spiro atoms. The molecule has 1 saturated carbocycles. The monoisotopic (exact) mass is 207 g/mol. The first-order chi connectivity index (χ1) is 7.22. The van der Waals surface area contributed by atoms with Crippen LogP contribution in [0.15, 0.2) is 18.2 Å². The van der Waals surface area contributed by atoms with Crippen LogP contribution in [0.3, 0.4) is 0 Å². The fourth-order valence-corrected chi connectivity index (χ4v) is 2.63. The molecule has 0 heterocycles. The van der Waals surface area contributed by atoms with E-state index in [0.717, 1.165) is 24.0 Å². The van der Waals surface area contributed by atoms with E-state index in [4.69, 9.17) is 0 Å². The van der Waals surface area contributed by atoms with Crippen molar-refractivity contribution in [2.75, 3.05) is 7.05 Å². The topological polar surface area (TPSA) is 12.0 Å². The van der Waals surface area contributed by atoms with Gasteiger partial charge >= 0.3 is 0 Å². The molecule has 0 aromatic heterocycles. The molecule has 2 heteroatoms. The minimum absolute atomic E-state index is 0.0484. The van der Waals surface area contributed by atoms with Gasteiger partial charge < -0.3 is 5.32 Å². The Kier molecular flexibility index (Phi) is 3.06. The second-order valence-corrected chi connectivity index (χ2v) is 4.46. The van der Waals surface area contributed by atoms with Gasteiger partial charge in [0.15, 0.2) is 0 Å². The molecule has 1 nitrogen and oxygen atoms in total. The van der Waals surface area contributed by atoms with E-state index < -0.39 is 0 Å². The molecule has 1 N–H and O–H groups in total. The fraction of sp³-hybridized carbons (Fsp3) is 0.538. The number of hydrogen-bond acceptors (Lipinski definition) is 1. The molecule has 15 heavy (non-hydrogen) atoms. The zero-order valence-electron chi connectivity index (χ0n) is 9.39. The molecular formula is C13H18FN. The van der Waals surface area contributed by atoms with Crippen molar-refractivity contribution in [2.45, 2.75) is 38.1 Å². The molecule has 1 aromatic rings. The van der Waals surface area contributed by atoms with Gasteiger partial charge in [0.05, 0.1) is 0 Å². The normalized spacial score (nSPS) is 25.8. The predicted octanol–water partition coefficient (Wildman–Crippen LogP) is 2.99. The molecule has 0 amide bonds. The van der Waals surface area contributed by atoms with Crippen LogP contribution < -0.4 is 5.32 Å². The highest BCUT2D eigenvalue weighted by Gasteiger charge is 2.29. The van der Waals surface area contributed by atoms with E-state index in [1.807, 2.05) is 26.1 Å². The summed E-state index contributed by atoms with van der Waals surface area (Å²) >= 11 is 0. The lowest BCUT2D eigenvalue weighted by atomic mass is 9.92. The Bertz CT molecular complexity index is 348. The Balaban J connectivity index is 2.31. The first-order valence-electron chi connectivity index (χ1n) is 5.65. The number of halogens is 1. The number of rotatable bonds is 2.